The first-order valence-corrected chi connectivity index (χ1v) is 12.0. The van der Waals surface area contributed by atoms with E-state index in [1.165, 1.54) is 31.2 Å². The Bertz CT molecular complexity index is 416. The summed E-state index contributed by atoms with van der Waals surface area (Å²) in [6.45, 7) is 10.4. The molecule has 2 rings (SSSR count). The molecule has 0 unspecified atom stereocenters. The molecule has 118 valence electrons. The number of benzene rings is 1. The van der Waals surface area contributed by atoms with Crippen LogP contribution in [0.1, 0.15) is 31.2 Å². The van der Waals surface area contributed by atoms with E-state index in [0.29, 0.717) is 0 Å². The Morgan fingerprint density at radius 2 is 1.71 bits per heavy atom. The zero-order chi connectivity index (χ0) is 15.3. The molecule has 1 aromatic carbocycles. The molecule has 0 aromatic heterocycles. The zero-order valence-corrected chi connectivity index (χ0v) is 15.3. The van der Waals surface area contributed by atoms with E-state index in [-0.39, 0.29) is 0 Å². The molecular weight excluding hydrogens is 272 g/mol. The number of hydrogen-bond acceptors (Lipinski definition) is 2. The Hall–Kier alpha value is -0.643. The summed E-state index contributed by atoms with van der Waals surface area (Å²) in [7, 11) is 1.13. The van der Waals surface area contributed by atoms with Crippen LogP contribution in [-0.2, 0) is 6.54 Å². The van der Waals surface area contributed by atoms with Crippen molar-refractivity contribution in [1.29, 1.82) is 0 Å². The topological polar surface area (TPSA) is 15.3 Å². The van der Waals surface area contributed by atoms with Crippen molar-refractivity contribution in [2.24, 2.45) is 0 Å². The summed E-state index contributed by atoms with van der Waals surface area (Å²) >= 11 is 0. The minimum atomic E-state index is -1.15. The van der Waals surface area contributed by atoms with Crippen molar-refractivity contribution in [3.63, 3.8) is 0 Å². The van der Waals surface area contributed by atoms with Crippen molar-refractivity contribution < 1.29 is 0 Å². The summed E-state index contributed by atoms with van der Waals surface area (Å²) in [5.74, 6) is 0. The largest absolute Gasteiger partial charge is 0.311 e. The lowest BCUT2D eigenvalue weighted by Crippen LogP contribution is -2.37. The average Bonchev–Trinajstić information content (AvgIpc) is 2.97. The molecule has 1 aliphatic carbocycles. The average molecular weight is 305 g/mol. The quantitative estimate of drug-likeness (QED) is 0.615. The molecule has 0 bridgehead atoms. The molecule has 0 aliphatic heterocycles. The number of rotatable bonds is 7. The van der Waals surface area contributed by atoms with Gasteiger partial charge >= 0.3 is 0 Å². The summed E-state index contributed by atoms with van der Waals surface area (Å²) < 4.78 is 0. The maximum Gasteiger partial charge on any atom is 0.0775 e. The molecule has 1 aliphatic rings. The van der Waals surface area contributed by atoms with Crippen LogP contribution in [0, 0.1) is 0 Å². The van der Waals surface area contributed by atoms with Crippen molar-refractivity contribution in [1.82, 2.24) is 10.2 Å². The van der Waals surface area contributed by atoms with Gasteiger partial charge in [0.15, 0.2) is 0 Å². The second-order valence-corrected chi connectivity index (χ2v) is 12.6. The van der Waals surface area contributed by atoms with Gasteiger partial charge in [-0.1, -0.05) is 61.9 Å². The van der Waals surface area contributed by atoms with Gasteiger partial charge < -0.3 is 10.2 Å². The van der Waals surface area contributed by atoms with Gasteiger partial charge in [0, 0.05) is 25.7 Å². The van der Waals surface area contributed by atoms with E-state index in [9.17, 15) is 0 Å². The maximum atomic E-state index is 3.58. The van der Waals surface area contributed by atoms with Crippen LogP contribution in [0.4, 0.5) is 0 Å². The molecule has 1 aromatic rings. The van der Waals surface area contributed by atoms with E-state index in [0.717, 1.165) is 25.7 Å². The predicted molar refractivity (Wildman–Crippen MR) is 96.0 cm³/mol. The van der Waals surface area contributed by atoms with E-state index in [4.69, 9.17) is 0 Å². The van der Waals surface area contributed by atoms with Crippen LogP contribution in [0.25, 0.3) is 0 Å². The maximum absolute atomic E-state index is 3.58. The van der Waals surface area contributed by atoms with Crippen LogP contribution in [0.15, 0.2) is 24.3 Å². The van der Waals surface area contributed by atoms with E-state index >= 15 is 0 Å². The third-order valence-corrected chi connectivity index (χ3v) is 6.80. The summed E-state index contributed by atoms with van der Waals surface area (Å²) in [6, 6.07) is 10.1. The third-order valence-electron chi connectivity index (χ3n) is 4.74. The number of nitrogens with zero attached hydrogens (tertiary/aromatic N) is 1. The second kappa shape index (κ2) is 7.57. The van der Waals surface area contributed by atoms with E-state index in [1.54, 1.807) is 5.19 Å². The summed E-state index contributed by atoms with van der Waals surface area (Å²) in [5, 5.41) is 5.13. The van der Waals surface area contributed by atoms with Crippen molar-refractivity contribution in [3.8, 4) is 0 Å². The van der Waals surface area contributed by atoms with Crippen LogP contribution in [0.5, 0.6) is 0 Å². The number of likely N-dealkylation sites (N-methyl/N-ethyl adjacent to an activating group) is 1. The van der Waals surface area contributed by atoms with Crippen molar-refractivity contribution in [3.05, 3.63) is 29.8 Å². The Morgan fingerprint density at radius 3 is 2.29 bits per heavy atom. The minimum absolute atomic E-state index is 0.836. The van der Waals surface area contributed by atoms with Gasteiger partial charge in [-0.2, -0.15) is 0 Å². The van der Waals surface area contributed by atoms with E-state index in [1.807, 2.05) is 0 Å². The molecular formula is C18H32N2Si. The van der Waals surface area contributed by atoms with Gasteiger partial charge in [0.05, 0.1) is 8.07 Å². The van der Waals surface area contributed by atoms with Crippen molar-refractivity contribution in [2.45, 2.75) is 57.9 Å². The molecule has 1 N–H and O–H groups in total. The van der Waals surface area contributed by atoms with Crippen LogP contribution in [-0.4, -0.2) is 39.2 Å². The van der Waals surface area contributed by atoms with Crippen LogP contribution in [0.2, 0.25) is 19.6 Å². The Balaban J connectivity index is 1.68. The monoisotopic (exact) mass is 304 g/mol. The molecule has 2 nitrogen and oxygen atoms in total. The number of nitrogens with one attached hydrogen (secondary N) is 1. The van der Waals surface area contributed by atoms with Gasteiger partial charge in [0.2, 0.25) is 0 Å². The first-order valence-electron chi connectivity index (χ1n) is 8.47. The molecule has 0 atom stereocenters. The highest BCUT2D eigenvalue weighted by molar-refractivity contribution is 6.88. The lowest BCUT2D eigenvalue weighted by molar-refractivity contribution is 0.245. The lowest BCUT2D eigenvalue weighted by Gasteiger charge is -2.24. The fourth-order valence-electron chi connectivity index (χ4n) is 3.14. The summed E-state index contributed by atoms with van der Waals surface area (Å²) in [5.41, 5.74) is 1.40. The predicted octanol–water partition coefficient (Wildman–Crippen LogP) is 3.20. The summed E-state index contributed by atoms with van der Waals surface area (Å²) in [6.07, 6.45) is 5.64. The normalized spacial score (nSPS) is 16.8. The number of hydrogen-bond donors (Lipinski definition) is 1. The first-order chi connectivity index (χ1) is 9.97. The van der Waals surface area contributed by atoms with E-state index < -0.39 is 8.07 Å². The van der Waals surface area contributed by atoms with Crippen molar-refractivity contribution in [2.75, 3.05) is 20.1 Å². The Kier molecular flexibility index (Phi) is 6.03. The van der Waals surface area contributed by atoms with Gasteiger partial charge in [-0.25, -0.2) is 0 Å². The highest BCUT2D eigenvalue weighted by atomic mass is 28.3. The fraction of sp³-hybridized carbons (Fsp3) is 0.667. The highest BCUT2D eigenvalue weighted by Gasteiger charge is 2.18. The molecule has 1 fully saturated rings. The molecule has 1 saturated carbocycles. The van der Waals surface area contributed by atoms with E-state index in [2.05, 4.69) is 61.2 Å². The molecule has 3 heteroatoms. The first kappa shape index (κ1) is 16.7. The Labute approximate surface area is 131 Å². The molecule has 0 heterocycles. The molecule has 0 radical (unpaired) electrons. The third kappa shape index (κ3) is 5.24. The van der Waals surface area contributed by atoms with Gasteiger partial charge in [-0.05, 0) is 25.5 Å². The van der Waals surface area contributed by atoms with Gasteiger partial charge in [0.1, 0.15) is 0 Å². The van der Waals surface area contributed by atoms with Gasteiger partial charge in [-0.15, -0.1) is 0 Å². The summed E-state index contributed by atoms with van der Waals surface area (Å²) in [4.78, 5) is 2.54. The molecule has 0 spiro atoms. The molecule has 21 heavy (non-hydrogen) atoms. The fourth-order valence-corrected chi connectivity index (χ4v) is 4.31. The Morgan fingerprint density at radius 1 is 1.10 bits per heavy atom. The lowest BCUT2D eigenvalue weighted by atomic mass is 10.2. The van der Waals surface area contributed by atoms with Gasteiger partial charge in [0.25, 0.3) is 0 Å². The molecule has 0 amide bonds. The zero-order valence-electron chi connectivity index (χ0n) is 14.3. The second-order valence-electron chi connectivity index (χ2n) is 7.54. The highest BCUT2D eigenvalue weighted by Crippen LogP contribution is 2.21. The minimum Gasteiger partial charge on any atom is -0.311 e. The van der Waals surface area contributed by atoms with Crippen LogP contribution < -0.4 is 10.5 Å². The van der Waals surface area contributed by atoms with Gasteiger partial charge in [-0.3, -0.25) is 0 Å². The standard InChI is InChI=1S/C18H32N2Si/c1-20(17-7-5-6-8-17)14-13-19-15-16-9-11-18(12-10-16)21(2,3)4/h9-12,17,19H,5-8,13-15H2,1-4H3. The SMILES string of the molecule is CN(CCNCc1ccc([Si](C)(C)C)cc1)C1CCCC1. The van der Waals surface area contributed by atoms with Crippen LogP contribution >= 0.6 is 0 Å². The van der Waals surface area contributed by atoms with Crippen molar-refractivity contribution >= 4 is 13.3 Å². The smallest absolute Gasteiger partial charge is 0.0775 e. The molecule has 0 saturated heterocycles. The van der Waals surface area contributed by atoms with Crippen LogP contribution in [0.3, 0.4) is 0 Å².